The lowest BCUT2D eigenvalue weighted by Gasteiger charge is -2.13. The fraction of sp³-hybridized carbons (Fsp3) is 0.148. The maximum atomic E-state index is 12.9. The first-order chi connectivity index (χ1) is 17.8. The lowest BCUT2D eigenvalue weighted by Crippen LogP contribution is -2.27. The summed E-state index contributed by atoms with van der Waals surface area (Å²) < 4.78 is 11.4. The van der Waals surface area contributed by atoms with E-state index in [1.165, 1.54) is 4.90 Å². The van der Waals surface area contributed by atoms with E-state index in [0.29, 0.717) is 44.3 Å². The molecule has 0 bridgehead atoms. The Hall–Kier alpha value is -3.46. The number of benzene rings is 3. The van der Waals surface area contributed by atoms with E-state index in [1.807, 2.05) is 6.92 Å². The van der Waals surface area contributed by atoms with E-state index >= 15 is 0 Å². The van der Waals surface area contributed by atoms with Crippen LogP contribution in [0.15, 0.2) is 71.6 Å². The average Bonchev–Trinajstić information content (AvgIpc) is 3.12. The third-order valence-corrected chi connectivity index (χ3v) is 6.55. The topological polar surface area (TPSA) is 84.9 Å². The van der Waals surface area contributed by atoms with Gasteiger partial charge >= 0.3 is 0 Å². The maximum absolute atomic E-state index is 12.9. The van der Waals surface area contributed by atoms with Gasteiger partial charge in [-0.3, -0.25) is 19.3 Å². The Bertz CT molecular complexity index is 1360. The zero-order valence-corrected chi connectivity index (χ0v) is 22.0. The predicted molar refractivity (Wildman–Crippen MR) is 146 cm³/mol. The number of hydrogen-bond donors (Lipinski definition) is 1. The molecule has 1 aliphatic heterocycles. The summed E-state index contributed by atoms with van der Waals surface area (Å²) in [5, 5.41) is 3.46. The fourth-order valence-corrected chi connectivity index (χ4v) is 4.62. The van der Waals surface area contributed by atoms with Crippen LogP contribution in [0.3, 0.4) is 0 Å². The summed E-state index contributed by atoms with van der Waals surface area (Å²) in [7, 11) is 0. The SMILES string of the molecule is CCOc1cc(/C=C2/SC(=O)N(Cc3ccc(Cl)cc3)C2=O)ccc1OCC(=O)Nc1cccc(Cl)c1. The number of ether oxygens (including phenoxy) is 2. The number of carbonyl (C=O) groups is 3. The van der Waals surface area contributed by atoms with Crippen molar-refractivity contribution in [3.8, 4) is 11.5 Å². The molecule has 0 unspecified atom stereocenters. The van der Waals surface area contributed by atoms with Crippen LogP contribution in [0.4, 0.5) is 10.5 Å². The van der Waals surface area contributed by atoms with Gasteiger partial charge in [0.1, 0.15) is 0 Å². The first-order valence-corrected chi connectivity index (χ1v) is 12.8. The summed E-state index contributed by atoms with van der Waals surface area (Å²) in [6, 6.07) is 18.9. The molecule has 7 nitrogen and oxygen atoms in total. The summed E-state index contributed by atoms with van der Waals surface area (Å²) >= 11 is 12.7. The van der Waals surface area contributed by atoms with Gasteiger partial charge in [0.25, 0.3) is 17.1 Å². The van der Waals surface area contributed by atoms with E-state index in [2.05, 4.69) is 5.32 Å². The van der Waals surface area contributed by atoms with Crippen molar-refractivity contribution in [1.82, 2.24) is 4.90 Å². The highest BCUT2D eigenvalue weighted by atomic mass is 35.5. The third kappa shape index (κ3) is 7.07. The number of imide groups is 1. The van der Waals surface area contributed by atoms with Crippen LogP contribution in [0.25, 0.3) is 6.08 Å². The van der Waals surface area contributed by atoms with Gasteiger partial charge in [-0.05, 0) is 78.4 Å². The molecule has 3 aromatic rings. The molecule has 3 amide bonds. The second kappa shape index (κ2) is 12.2. The fourth-order valence-electron chi connectivity index (χ4n) is 3.47. The summed E-state index contributed by atoms with van der Waals surface area (Å²) in [6.45, 7) is 2.11. The van der Waals surface area contributed by atoms with Gasteiger partial charge in [-0.2, -0.15) is 0 Å². The van der Waals surface area contributed by atoms with Crippen molar-refractivity contribution in [3.05, 3.63) is 92.8 Å². The molecule has 1 aliphatic rings. The number of anilines is 1. The third-order valence-electron chi connectivity index (χ3n) is 5.16. The largest absolute Gasteiger partial charge is 0.490 e. The molecule has 0 atom stereocenters. The van der Waals surface area contributed by atoms with Gasteiger partial charge in [0.05, 0.1) is 18.1 Å². The Morgan fingerprint density at radius 1 is 0.973 bits per heavy atom. The molecule has 37 heavy (non-hydrogen) atoms. The molecule has 0 aromatic heterocycles. The second-order valence-corrected chi connectivity index (χ2v) is 9.75. The number of nitrogens with one attached hydrogen (secondary N) is 1. The summed E-state index contributed by atoms with van der Waals surface area (Å²) in [5.74, 6) is 0.0485. The molecule has 3 aromatic carbocycles. The van der Waals surface area contributed by atoms with Crippen molar-refractivity contribution in [1.29, 1.82) is 0 Å². The van der Waals surface area contributed by atoms with Crippen molar-refractivity contribution in [2.24, 2.45) is 0 Å². The molecule has 4 rings (SSSR count). The minimum atomic E-state index is -0.374. The highest BCUT2D eigenvalue weighted by Crippen LogP contribution is 2.35. The lowest BCUT2D eigenvalue weighted by molar-refractivity contribution is -0.123. The Labute approximate surface area is 228 Å². The molecule has 0 radical (unpaired) electrons. The number of thioether (sulfide) groups is 1. The van der Waals surface area contributed by atoms with Crippen LogP contribution in [-0.4, -0.2) is 35.2 Å². The summed E-state index contributed by atoms with van der Waals surface area (Å²) in [6.07, 6.45) is 1.63. The Balaban J connectivity index is 1.44. The second-order valence-electron chi connectivity index (χ2n) is 7.88. The molecular formula is C27H22Cl2N2O5S. The first kappa shape index (κ1) is 26.6. The number of amides is 3. The van der Waals surface area contributed by atoms with Crippen molar-refractivity contribution in [2.45, 2.75) is 13.5 Å². The van der Waals surface area contributed by atoms with Gasteiger partial charge in [-0.25, -0.2) is 0 Å². The van der Waals surface area contributed by atoms with Crippen molar-refractivity contribution in [2.75, 3.05) is 18.5 Å². The zero-order chi connectivity index (χ0) is 26.4. The number of carbonyl (C=O) groups excluding carboxylic acids is 3. The van der Waals surface area contributed by atoms with Crippen LogP contribution >= 0.6 is 35.0 Å². The highest BCUT2D eigenvalue weighted by Gasteiger charge is 2.35. The smallest absolute Gasteiger partial charge is 0.293 e. The molecule has 0 spiro atoms. The molecule has 0 saturated carbocycles. The Kier molecular flexibility index (Phi) is 8.76. The predicted octanol–water partition coefficient (Wildman–Crippen LogP) is 6.65. The number of nitrogens with zero attached hydrogens (tertiary/aromatic N) is 1. The maximum Gasteiger partial charge on any atom is 0.293 e. The van der Waals surface area contributed by atoms with Crippen molar-refractivity contribution >= 4 is 63.8 Å². The number of rotatable bonds is 9. The van der Waals surface area contributed by atoms with E-state index in [1.54, 1.807) is 72.8 Å². The van der Waals surface area contributed by atoms with Crippen molar-refractivity contribution < 1.29 is 23.9 Å². The van der Waals surface area contributed by atoms with Gasteiger partial charge in [0.2, 0.25) is 0 Å². The Morgan fingerprint density at radius 3 is 2.49 bits per heavy atom. The normalized spacial score (nSPS) is 14.2. The standard InChI is InChI=1S/C27H22Cl2N2O5S/c1-2-35-23-12-18(8-11-22(23)36-16-25(32)30-21-5-3-4-20(29)14-21)13-24-26(33)31(27(34)37-24)15-17-6-9-19(28)10-7-17/h3-14H,2,15-16H2,1H3,(H,30,32)/b24-13+. The van der Waals surface area contributed by atoms with Gasteiger partial charge in [-0.15, -0.1) is 0 Å². The minimum Gasteiger partial charge on any atom is -0.490 e. The summed E-state index contributed by atoms with van der Waals surface area (Å²) in [4.78, 5) is 39.2. The van der Waals surface area contributed by atoms with Gasteiger partial charge in [-0.1, -0.05) is 47.5 Å². The van der Waals surface area contributed by atoms with Crippen molar-refractivity contribution in [3.63, 3.8) is 0 Å². The van der Waals surface area contributed by atoms with Crippen LogP contribution in [0.5, 0.6) is 11.5 Å². The molecule has 1 saturated heterocycles. The molecule has 1 N–H and O–H groups in total. The highest BCUT2D eigenvalue weighted by molar-refractivity contribution is 8.18. The van der Waals surface area contributed by atoms with Crippen LogP contribution in [0.2, 0.25) is 10.0 Å². The number of hydrogen-bond acceptors (Lipinski definition) is 6. The van der Waals surface area contributed by atoms with E-state index in [-0.39, 0.29) is 30.2 Å². The molecule has 0 aliphatic carbocycles. The van der Waals surface area contributed by atoms with Crippen LogP contribution < -0.4 is 14.8 Å². The van der Waals surface area contributed by atoms with E-state index in [0.717, 1.165) is 17.3 Å². The molecule has 10 heteroatoms. The van der Waals surface area contributed by atoms with Crippen LogP contribution in [0.1, 0.15) is 18.1 Å². The average molecular weight is 557 g/mol. The number of halogens is 2. The molecule has 1 heterocycles. The van der Waals surface area contributed by atoms with E-state index in [9.17, 15) is 14.4 Å². The zero-order valence-electron chi connectivity index (χ0n) is 19.7. The van der Waals surface area contributed by atoms with E-state index in [4.69, 9.17) is 32.7 Å². The molecule has 1 fully saturated rings. The quantitative estimate of drug-likeness (QED) is 0.297. The van der Waals surface area contributed by atoms with Gasteiger partial charge in [0.15, 0.2) is 18.1 Å². The first-order valence-electron chi connectivity index (χ1n) is 11.3. The molecular weight excluding hydrogens is 535 g/mol. The minimum absolute atomic E-state index is 0.160. The summed E-state index contributed by atoms with van der Waals surface area (Å²) in [5.41, 5.74) is 2.01. The lowest BCUT2D eigenvalue weighted by atomic mass is 10.1. The monoisotopic (exact) mass is 556 g/mol. The van der Waals surface area contributed by atoms with Crippen LogP contribution in [0, 0.1) is 0 Å². The van der Waals surface area contributed by atoms with E-state index < -0.39 is 0 Å². The van der Waals surface area contributed by atoms with Gasteiger partial charge < -0.3 is 14.8 Å². The Morgan fingerprint density at radius 2 is 1.76 bits per heavy atom. The van der Waals surface area contributed by atoms with Crippen LogP contribution in [-0.2, 0) is 16.1 Å². The molecule has 190 valence electrons. The van der Waals surface area contributed by atoms with Gasteiger partial charge in [0, 0.05) is 15.7 Å².